The van der Waals surface area contributed by atoms with Gasteiger partial charge in [0.05, 0.1) is 17.9 Å². The Balaban J connectivity index is 2.42. The predicted molar refractivity (Wildman–Crippen MR) is 43.8 cm³/mol. The maximum absolute atomic E-state index is 11.4. The summed E-state index contributed by atoms with van der Waals surface area (Å²) in [6.07, 6.45) is 3.19. The third kappa shape index (κ3) is 1.06. The Hall–Kier alpha value is -1.58. The molecule has 1 unspecified atom stereocenters. The molecule has 1 saturated heterocycles. The zero-order chi connectivity index (χ0) is 9.47. The average molecular weight is 179 g/mol. The minimum absolute atomic E-state index is 0.200. The first kappa shape index (κ1) is 8.04. The molecule has 0 aliphatic carbocycles. The molecule has 1 atom stereocenters. The Morgan fingerprint density at radius 1 is 1.54 bits per heavy atom. The van der Waals surface area contributed by atoms with Crippen molar-refractivity contribution in [3.8, 4) is 0 Å². The molecule has 1 aliphatic rings. The Kier molecular flexibility index (Phi) is 1.52. The third-order valence-electron chi connectivity index (χ3n) is 2.43. The van der Waals surface area contributed by atoms with Gasteiger partial charge in [0.15, 0.2) is 0 Å². The second-order valence-electron chi connectivity index (χ2n) is 3.40. The highest BCUT2D eigenvalue weighted by molar-refractivity contribution is 6.08. The van der Waals surface area contributed by atoms with Crippen LogP contribution in [-0.4, -0.2) is 11.8 Å². The van der Waals surface area contributed by atoms with Crippen molar-refractivity contribution >= 4 is 11.8 Å². The third-order valence-corrected chi connectivity index (χ3v) is 2.43. The zero-order valence-corrected chi connectivity index (χ0v) is 7.16. The van der Waals surface area contributed by atoms with Gasteiger partial charge in [-0.25, -0.2) is 0 Å². The molecular formula is C9H9NO3. The standard InChI is InChI=1S/C9H9NO3/c1-9(6-2-3-13-5-6)4-7(11)10-8(9)12/h2-3,5H,4H2,1H3,(H,10,11,12). The molecular weight excluding hydrogens is 170 g/mol. The Labute approximate surface area is 74.9 Å². The minimum Gasteiger partial charge on any atom is -0.472 e. The lowest BCUT2D eigenvalue weighted by molar-refractivity contribution is -0.126. The first-order valence-corrected chi connectivity index (χ1v) is 4.00. The molecule has 68 valence electrons. The molecule has 13 heavy (non-hydrogen) atoms. The Morgan fingerprint density at radius 3 is 2.77 bits per heavy atom. The molecule has 0 spiro atoms. The highest BCUT2D eigenvalue weighted by atomic mass is 16.3. The number of rotatable bonds is 1. The van der Waals surface area contributed by atoms with Crippen LogP contribution >= 0.6 is 0 Å². The number of amides is 2. The fraction of sp³-hybridized carbons (Fsp3) is 0.333. The van der Waals surface area contributed by atoms with E-state index in [0.29, 0.717) is 0 Å². The molecule has 4 heteroatoms. The average Bonchev–Trinajstić information content (AvgIpc) is 2.61. The summed E-state index contributed by atoms with van der Waals surface area (Å²) in [6, 6.07) is 1.71. The van der Waals surface area contributed by atoms with Crippen LogP contribution in [0.1, 0.15) is 18.9 Å². The number of nitrogens with one attached hydrogen (secondary N) is 1. The Morgan fingerprint density at radius 2 is 2.31 bits per heavy atom. The predicted octanol–water partition coefficient (Wildman–Crippen LogP) is 0.584. The van der Waals surface area contributed by atoms with E-state index in [4.69, 9.17) is 4.42 Å². The van der Waals surface area contributed by atoms with Crippen LogP contribution in [0.2, 0.25) is 0 Å². The summed E-state index contributed by atoms with van der Waals surface area (Å²) in [5.41, 5.74) is 0.000208. The summed E-state index contributed by atoms with van der Waals surface area (Å²) in [4.78, 5) is 22.4. The number of hydrogen-bond acceptors (Lipinski definition) is 3. The van der Waals surface area contributed by atoms with Gasteiger partial charge in [0.25, 0.3) is 0 Å². The van der Waals surface area contributed by atoms with Crippen LogP contribution in [-0.2, 0) is 15.0 Å². The van der Waals surface area contributed by atoms with E-state index in [1.807, 2.05) is 0 Å². The van der Waals surface area contributed by atoms with Gasteiger partial charge >= 0.3 is 0 Å². The van der Waals surface area contributed by atoms with Crippen LogP contribution < -0.4 is 5.32 Å². The molecule has 1 fully saturated rings. The van der Waals surface area contributed by atoms with Gasteiger partial charge in [-0.1, -0.05) is 0 Å². The molecule has 2 rings (SSSR count). The monoisotopic (exact) mass is 179 g/mol. The van der Waals surface area contributed by atoms with Crippen molar-refractivity contribution in [2.75, 3.05) is 0 Å². The topological polar surface area (TPSA) is 59.3 Å². The van der Waals surface area contributed by atoms with Crippen molar-refractivity contribution in [3.63, 3.8) is 0 Å². The number of carbonyl (C=O) groups is 2. The van der Waals surface area contributed by atoms with Gasteiger partial charge in [-0.15, -0.1) is 0 Å². The van der Waals surface area contributed by atoms with Gasteiger partial charge in [0, 0.05) is 12.0 Å². The minimum atomic E-state index is -0.746. The molecule has 2 heterocycles. The number of imide groups is 1. The van der Waals surface area contributed by atoms with E-state index in [1.165, 1.54) is 12.5 Å². The van der Waals surface area contributed by atoms with Crippen LogP contribution in [0.5, 0.6) is 0 Å². The lowest BCUT2D eigenvalue weighted by Gasteiger charge is -2.16. The molecule has 2 amide bonds. The van der Waals surface area contributed by atoms with E-state index in [2.05, 4.69) is 5.32 Å². The van der Waals surface area contributed by atoms with E-state index < -0.39 is 5.41 Å². The summed E-state index contributed by atoms with van der Waals surface area (Å²) in [5.74, 6) is -0.479. The fourth-order valence-corrected chi connectivity index (χ4v) is 1.52. The van der Waals surface area contributed by atoms with E-state index >= 15 is 0 Å². The van der Waals surface area contributed by atoms with Gasteiger partial charge in [-0.2, -0.15) is 0 Å². The Bertz CT molecular complexity index is 355. The van der Waals surface area contributed by atoms with Crippen molar-refractivity contribution in [2.45, 2.75) is 18.8 Å². The first-order valence-electron chi connectivity index (χ1n) is 4.00. The number of furan rings is 1. The zero-order valence-electron chi connectivity index (χ0n) is 7.16. The van der Waals surface area contributed by atoms with Crippen molar-refractivity contribution in [1.82, 2.24) is 5.32 Å². The van der Waals surface area contributed by atoms with Crippen molar-refractivity contribution in [1.29, 1.82) is 0 Å². The van der Waals surface area contributed by atoms with Crippen molar-refractivity contribution in [3.05, 3.63) is 24.2 Å². The van der Waals surface area contributed by atoms with Gasteiger partial charge in [0.1, 0.15) is 0 Å². The van der Waals surface area contributed by atoms with Crippen LogP contribution in [0.4, 0.5) is 0 Å². The molecule has 1 aliphatic heterocycles. The molecule has 1 aromatic rings. The number of carbonyl (C=O) groups excluding carboxylic acids is 2. The maximum Gasteiger partial charge on any atom is 0.237 e. The first-order chi connectivity index (χ1) is 6.13. The van der Waals surface area contributed by atoms with Crippen LogP contribution in [0.3, 0.4) is 0 Å². The van der Waals surface area contributed by atoms with Gasteiger partial charge in [0.2, 0.25) is 11.8 Å². The summed E-state index contributed by atoms with van der Waals surface area (Å²) in [5, 5.41) is 2.28. The van der Waals surface area contributed by atoms with Gasteiger partial charge in [-0.05, 0) is 13.0 Å². The SMILES string of the molecule is CC1(c2ccoc2)CC(=O)NC1=O. The van der Waals surface area contributed by atoms with E-state index in [9.17, 15) is 9.59 Å². The van der Waals surface area contributed by atoms with Crippen molar-refractivity contribution in [2.24, 2.45) is 0 Å². The second kappa shape index (κ2) is 2.45. The highest BCUT2D eigenvalue weighted by Crippen LogP contribution is 2.31. The normalized spacial score (nSPS) is 27.8. The molecule has 0 bridgehead atoms. The summed E-state index contributed by atoms with van der Waals surface area (Å²) in [6.45, 7) is 1.73. The lowest BCUT2D eigenvalue weighted by atomic mass is 9.83. The molecule has 1 aromatic heterocycles. The van der Waals surface area contributed by atoms with Crippen molar-refractivity contribution < 1.29 is 14.0 Å². The van der Waals surface area contributed by atoms with Gasteiger partial charge < -0.3 is 4.42 Å². The molecule has 4 nitrogen and oxygen atoms in total. The fourth-order valence-electron chi connectivity index (χ4n) is 1.52. The highest BCUT2D eigenvalue weighted by Gasteiger charge is 2.44. The summed E-state index contributed by atoms with van der Waals surface area (Å²) in [7, 11) is 0. The van der Waals surface area contributed by atoms with E-state index in [-0.39, 0.29) is 18.2 Å². The molecule has 1 N–H and O–H groups in total. The molecule has 0 radical (unpaired) electrons. The molecule has 0 aromatic carbocycles. The van der Waals surface area contributed by atoms with Crippen LogP contribution in [0.15, 0.2) is 23.0 Å². The van der Waals surface area contributed by atoms with E-state index in [0.717, 1.165) is 5.56 Å². The van der Waals surface area contributed by atoms with Crippen LogP contribution in [0.25, 0.3) is 0 Å². The van der Waals surface area contributed by atoms with Gasteiger partial charge in [-0.3, -0.25) is 14.9 Å². The maximum atomic E-state index is 11.4. The number of hydrogen-bond donors (Lipinski definition) is 1. The summed E-state index contributed by atoms with van der Waals surface area (Å²) >= 11 is 0. The smallest absolute Gasteiger partial charge is 0.237 e. The molecule has 0 saturated carbocycles. The largest absolute Gasteiger partial charge is 0.472 e. The van der Waals surface area contributed by atoms with E-state index in [1.54, 1.807) is 13.0 Å². The summed E-state index contributed by atoms with van der Waals surface area (Å²) < 4.78 is 4.88. The quantitative estimate of drug-likeness (QED) is 0.641. The van der Waals surface area contributed by atoms with Crippen LogP contribution in [0, 0.1) is 0 Å². The second-order valence-corrected chi connectivity index (χ2v) is 3.40. The lowest BCUT2D eigenvalue weighted by Crippen LogP contribution is -2.32.